The molecule has 0 spiro atoms. The number of nitrogens with zero attached hydrogens (tertiary/aromatic N) is 4. The maximum atomic E-state index is 13.4. The van der Waals surface area contributed by atoms with E-state index in [0.717, 1.165) is 22.2 Å². The van der Waals surface area contributed by atoms with E-state index in [1.54, 1.807) is 6.07 Å². The molecule has 0 aliphatic heterocycles. The Kier molecular flexibility index (Phi) is 4.45. The third-order valence-corrected chi connectivity index (χ3v) is 4.48. The second kappa shape index (κ2) is 7.06. The van der Waals surface area contributed by atoms with Gasteiger partial charge >= 0.3 is 0 Å². The summed E-state index contributed by atoms with van der Waals surface area (Å²) < 4.78 is 15.5. The molecule has 0 saturated carbocycles. The molecule has 0 unspecified atom stereocenters. The lowest BCUT2D eigenvalue weighted by molar-refractivity contribution is 0.624. The van der Waals surface area contributed by atoms with Crippen LogP contribution in [0.25, 0.3) is 10.9 Å². The van der Waals surface area contributed by atoms with E-state index in [4.69, 9.17) is 11.6 Å². The fourth-order valence-corrected chi connectivity index (χ4v) is 3.12. The maximum absolute atomic E-state index is 13.4. The van der Waals surface area contributed by atoms with Gasteiger partial charge in [0.05, 0.1) is 0 Å². The smallest absolute Gasteiger partial charge is 0.153 e. The number of nitriles is 1. The van der Waals surface area contributed by atoms with Gasteiger partial charge in [-0.2, -0.15) is 5.26 Å². The first-order chi connectivity index (χ1) is 13.1. The second-order valence-corrected chi connectivity index (χ2v) is 6.33. The van der Waals surface area contributed by atoms with Gasteiger partial charge in [-0.1, -0.05) is 23.7 Å². The average molecular weight is 378 g/mol. The van der Waals surface area contributed by atoms with Crippen LogP contribution in [0.5, 0.6) is 0 Å². The summed E-state index contributed by atoms with van der Waals surface area (Å²) >= 11 is 5.94. The number of halogens is 2. The Morgan fingerprint density at radius 3 is 2.85 bits per heavy atom. The molecule has 0 saturated heterocycles. The van der Waals surface area contributed by atoms with Crippen molar-refractivity contribution in [1.29, 1.82) is 5.26 Å². The van der Waals surface area contributed by atoms with Crippen LogP contribution in [0.3, 0.4) is 0 Å². The van der Waals surface area contributed by atoms with Crippen LogP contribution in [0.1, 0.15) is 11.1 Å². The molecule has 0 bridgehead atoms. The van der Waals surface area contributed by atoms with Crippen molar-refractivity contribution in [3.63, 3.8) is 0 Å². The fourth-order valence-electron chi connectivity index (χ4n) is 2.94. The first-order valence-corrected chi connectivity index (χ1v) is 8.53. The van der Waals surface area contributed by atoms with Gasteiger partial charge < -0.3 is 9.88 Å². The first-order valence-electron chi connectivity index (χ1n) is 8.15. The van der Waals surface area contributed by atoms with E-state index in [0.29, 0.717) is 12.4 Å². The van der Waals surface area contributed by atoms with E-state index in [9.17, 15) is 9.65 Å². The van der Waals surface area contributed by atoms with Crippen molar-refractivity contribution in [2.75, 3.05) is 5.32 Å². The lowest BCUT2D eigenvalue weighted by Gasteiger charge is -2.09. The Morgan fingerprint density at radius 1 is 1.15 bits per heavy atom. The minimum absolute atomic E-state index is 0.109. The summed E-state index contributed by atoms with van der Waals surface area (Å²) in [5, 5.41) is 13.5. The molecule has 1 N–H and O–H groups in total. The molecule has 132 valence electrons. The zero-order valence-corrected chi connectivity index (χ0v) is 14.8. The Labute approximate surface area is 159 Å². The van der Waals surface area contributed by atoms with E-state index in [1.165, 1.54) is 18.5 Å². The number of benzene rings is 2. The normalized spacial score (nSPS) is 10.7. The summed E-state index contributed by atoms with van der Waals surface area (Å²) in [7, 11) is 0. The minimum Gasteiger partial charge on any atom is -0.343 e. The summed E-state index contributed by atoms with van der Waals surface area (Å²) in [5.74, 6) is 0.114. The topological polar surface area (TPSA) is 66.5 Å². The van der Waals surface area contributed by atoms with Crippen LogP contribution in [0, 0.1) is 17.1 Å². The Balaban J connectivity index is 1.63. The molecule has 2 heterocycles. The lowest BCUT2D eigenvalue weighted by Crippen LogP contribution is -2.00. The molecule has 7 heteroatoms. The van der Waals surface area contributed by atoms with E-state index in [1.807, 2.05) is 42.6 Å². The van der Waals surface area contributed by atoms with Gasteiger partial charge in [-0.3, -0.25) is 0 Å². The Morgan fingerprint density at radius 2 is 2.04 bits per heavy atom. The predicted molar refractivity (Wildman–Crippen MR) is 102 cm³/mol. The highest BCUT2D eigenvalue weighted by Crippen LogP contribution is 2.26. The second-order valence-electron chi connectivity index (χ2n) is 5.97. The van der Waals surface area contributed by atoms with Crippen LogP contribution in [0.15, 0.2) is 61.1 Å². The van der Waals surface area contributed by atoms with Crippen LogP contribution in [-0.4, -0.2) is 14.5 Å². The van der Waals surface area contributed by atoms with Gasteiger partial charge in [0.1, 0.15) is 23.8 Å². The molecule has 27 heavy (non-hydrogen) atoms. The largest absolute Gasteiger partial charge is 0.343 e. The number of aromatic nitrogens is 3. The fraction of sp³-hybridized carbons (Fsp3) is 0.0500. The molecule has 2 aromatic heterocycles. The highest BCUT2D eigenvalue weighted by atomic mass is 35.5. The van der Waals surface area contributed by atoms with E-state index in [-0.39, 0.29) is 16.5 Å². The van der Waals surface area contributed by atoms with Crippen molar-refractivity contribution < 1.29 is 4.39 Å². The van der Waals surface area contributed by atoms with Gasteiger partial charge in [0.15, 0.2) is 11.0 Å². The number of hydrogen-bond donors (Lipinski definition) is 1. The standard InChI is InChI=1S/C20H13ClFN5/c21-19-17(10-23)20(25-12-24-19)26-16-4-5-18-14(9-16)6-7-27(18)11-13-2-1-3-15(22)8-13/h1-9,12H,11H2,(H,24,25,26). The van der Waals surface area contributed by atoms with E-state index >= 15 is 0 Å². The van der Waals surface area contributed by atoms with Crippen molar-refractivity contribution in [3.05, 3.63) is 83.2 Å². The minimum atomic E-state index is -0.243. The molecular formula is C20H13ClFN5. The lowest BCUT2D eigenvalue weighted by atomic mass is 10.2. The van der Waals surface area contributed by atoms with Gasteiger partial charge in [0.25, 0.3) is 0 Å². The van der Waals surface area contributed by atoms with Crippen molar-refractivity contribution in [2.24, 2.45) is 0 Å². The molecule has 2 aromatic carbocycles. The molecule has 0 amide bonds. The van der Waals surface area contributed by atoms with Gasteiger partial charge in [-0.25, -0.2) is 14.4 Å². The SMILES string of the molecule is N#Cc1c(Cl)ncnc1Nc1ccc2c(ccn2Cc2cccc(F)c2)c1. The summed E-state index contributed by atoms with van der Waals surface area (Å²) in [6.07, 6.45) is 3.26. The Hall–Kier alpha value is -3.43. The van der Waals surface area contributed by atoms with Crippen molar-refractivity contribution in [3.8, 4) is 6.07 Å². The number of fused-ring (bicyclic) bond motifs is 1. The number of rotatable bonds is 4. The zero-order chi connectivity index (χ0) is 18.8. The summed E-state index contributed by atoms with van der Waals surface area (Å²) in [6.45, 7) is 0.578. The molecule has 0 fully saturated rings. The third kappa shape index (κ3) is 3.46. The van der Waals surface area contributed by atoms with Crippen LogP contribution in [0.4, 0.5) is 15.9 Å². The number of nitrogens with one attached hydrogen (secondary N) is 1. The summed E-state index contributed by atoms with van der Waals surface area (Å²) in [4.78, 5) is 7.90. The maximum Gasteiger partial charge on any atom is 0.153 e. The molecule has 0 atom stereocenters. The summed E-state index contributed by atoms with van der Waals surface area (Å²) in [6, 6.07) is 16.4. The molecule has 0 aliphatic rings. The van der Waals surface area contributed by atoms with Crippen LogP contribution in [0.2, 0.25) is 5.15 Å². The average Bonchev–Trinajstić information content (AvgIpc) is 3.04. The highest BCUT2D eigenvalue weighted by Gasteiger charge is 2.10. The molecule has 4 rings (SSSR count). The van der Waals surface area contributed by atoms with Gasteiger partial charge in [0.2, 0.25) is 0 Å². The molecule has 0 aliphatic carbocycles. The molecule has 4 aromatic rings. The quantitative estimate of drug-likeness (QED) is 0.514. The summed E-state index contributed by atoms with van der Waals surface area (Å²) in [5.41, 5.74) is 2.88. The zero-order valence-electron chi connectivity index (χ0n) is 14.0. The Bertz CT molecular complexity index is 1180. The number of hydrogen-bond acceptors (Lipinski definition) is 4. The van der Waals surface area contributed by atoms with Crippen LogP contribution < -0.4 is 5.32 Å². The van der Waals surface area contributed by atoms with Crippen molar-refractivity contribution in [1.82, 2.24) is 14.5 Å². The van der Waals surface area contributed by atoms with Crippen LogP contribution in [-0.2, 0) is 6.54 Å². The highest BCUT2D eigenvalue weighted by molar-refractivity contribution is 6.30. The van der Waals surface area contributed by atoms with Crippen molar-refractivity contribution >= 4 is 34.0 Å². The molecule has 0 radical (unpaired) electrons. The van der Waals surface area contributed by atoms with Crippen molar-refractivity contribution in [2.45, 2.75) is 6.54 Å². The molecule has 5 nitrogen and oxygen atoms in total. The van der Waals surface area contributed by atoms with Gasteiger partial charge in [-0.05, 0) is 42.0 Å². The van der Waals surface area contributed by atoms with E-state index < -0.39 is 0 Å². The molecular weight excluding hydrogens is 365 g/mol. The third-order valence-electron chi connectivity index (χ3n) is 4.19. The van der Waals surface area contributed by atoms with Gasteiger partial charge in [0, 0.05) is 29.3 Å². The predicted octanol–water partition coefficient (Wildman–Crippen LogP) is 4.89. The van der Waals surface area contributed by atoms with Gasteiger partial charge in [-0.15, -0.1) is 0 Å². The monoisotopic (exact) mass is 377 g/mol. The number of anilines is 2. The van der Waals surface area contributed by atoms with Crippen LogP contribution >= 0.6 is 11.6 Å². The first kappa shape index (κ1) is 17.0. The van der Waals surface area contributed by atoms with E-state index in [2.05, 4.69) is 19.9 Å².